The van der Waals surface area contributed by atoms with Crippen molar-refractivity contribution in [3.8, 4) is 5.69 Å². The quantitative estimate of drug-likeness (QED) is 0.800. The number of aryl methyl sites for hydroxylation is 1. The smallest absolute Gasteiger partial charge is 0.216 e. The van der Waals surface area contributed by atoms with Gasteiger partial charge in [-0.25, -0.2) is 0 Å². The third-order valence-corrected chi connectivity index (χ3v) is 3.54. The lowest BCUT2D eigenvalue weighted by Crippen LogP contribution is -2.29. The Bertz CT molecular complexity index is 602. The van der Waals surface area contributed by atoms with Crippen LogP contribution < -0.4 is 10.6 Å². The summed E-state index contributed by atoms with van der Waals surface area (Å²) in [4.78, 5) is 10.8. The van der Waals surface area contributed by atoms with Crippen LogP contribution in [0.15, 0.2) is 36.4 Å². The van der Waals surface area contributed by atoms with E-state index in [4.69, 9.17) is 0 Å². The first-order valence-electron chi connectivity index (χ1n) is 7.28. The molecule has 1 heterocycles. The molecule has 0 spiro atoms. The highest BCUT2D eigenvalue weighted by Crippen LogP contribution is 2.20. The summed E-state index contributed by atoms with van der Waals surface area (Å²) in [5.41, 5.74) is 4.97. The minimum absolute atomic E-state index is 0.0130. The highest BCUT2D eigenvalue weighted by atomic mass is 16.1. The number of amides is 1. The van der Waals surface area contributed by atoms with Crippen molar-refractivity contribution in [2.24, 2.45) is 0 Å². The summed E-state index contributed by atoms with van der Waals surface area (Å²) < 4.78 is 2.27. The second-order valence-electron chi connectivity index (χ2n) is 5.23. The van der Waals surface area contributed by atoms with E-state index in [2.05, 4.69) is 59.4 Å². The average molecular weight is 285 g/mol. The molecule has 2 rings (SSSR count). The number of aromatic nitrogens is 1. The average Bonchev–Trinajstić information content (AvgIpc) is 2.74. The number of hydrogen-bond donors (Lipinski definition) is 2. The first kappa shape index (κ1) is 15.3. The third kappa shape index (κ3) is 3.95. The topological polar surface area (TPSA) is 46.1 Å². The van der Waals surface area contributed by atoms with E-state index in [1.165, 1.54) is 29.6 Å². The van der Waals surface area contributed by atoms with Crippen molar-refractivity contribution in [2.45, 2.75) is 27.3 Å². The number of nitrogens with zero attached hydrogens (tertiary/aromatic N) is 1. The molecule has 4 heteroatoms. The summed E-state index contributed by atoms with van der Waals surface area (Å²) in [5, 5.41) is 6.14. The molecule has 112 valence electrons. The molecule has 2 aromatic rings. The van der Waals surface area contributed by atoms with Gasteiger partial charge in [0.2, 0.25) is 5.91 Å². The Balaban J connectivity index is 2.01. The lowest BCUT2D eigenvalue weighted by Gasteiger charge is -2.10. The van der Waals surface area contributed by atoms with E-state index in [0.717, 1.165) is 13.1 Å². The third-order valence-electron chi connectivity index (χ3n) is 3.54. The largest absolute Gasteiger partial charge is 0.355 e. The molecule has 0 unspecified atom stereocenters. The van der Waals surface area contributed by atoms with Crippen molar-refractivity contribution in [3.05, 3.63) is 53.3 Å². The number of benzene rings is 1. The molecule has 0 aliphatic heterocycles. The maximum atomic E-state index is 10.8. The zero-order valence-electron chi connectivity index (χ0n) is 12.9. The Labute approximate surface area is 126 Å². The van der Waals surface area contributed by atoms with Crippen LogP contribution in [-0.4, -0.2) is 23.6 Å². The standard InChI is InChI=1S/C17H23N3O/c1-13-11-16(12-18-9-10-19-15(3)21)14(2)20(13)17-7-5-4-6-8-17/h4-8,11,18H,9-10,12H2,1-3H3,(H,19,21). The Hall–Kier alpha value is -2.07. The number of carbonyl (C=O) groups excluding carboxylic acids is 1. The molecule has 0 fully saturated rings. The molecule has 0 saturated heterocycles. The maximum absolute atomic E-state index is 10.8. The fraction of sp³-hybridized carbons (Fsp3) is 0.353. The van der Waals surface area contributed by atoms with Gasteiger partial charge in [-0.15, -0.1) is 0 Å². The molecule has 1 amide bonds. The van der Waals surface area contributed by atoms with Gasteiger partial charge in [-0.2, -0.15) is 0 Å². The molecule has 21 heavy (non-hydrogen) atoms. The normalized spacial score (nSPS) is 10.6. The van der Waals surface area contributed by atoms with E-state index in [9.17, 15) is 4.79 Å². The Morgan fingerprint density at radius 3 is 2.52 bits per heavy atom. The van der Waals surface area contributed by atoms with Gasteiger partial charge in [-0.1, -0.05) is 18.2 Å². The molecule has 0 aliphatic rings. The van der Waals surface area contributed by atoms with Gasteiger partial charge in [0.25, 0.3) is 0 Å². The van der Waals surface area contributed by atoms with Gasteiger partial charge in [0.05, 0.1) is 0 Å². The van der Waals surface area contributed by atoms with Crippen molar-refractivity contribution in [1.82, 2.24) is 15.2 Å². The number of hydrogen-bond acceptors (Lipinski definition) is 2. The predicted octanol–water partition coefficient (Wildman–Crippen LogP) is 2.32. The molecule has 0 radical (unpaired) electrons. The number of para-hydroxylation sites is 1. The van der Waals surface area contributed by atoms with Gasteiger partial charge < -0.3 is 15.2 Å². The van der Waals surface area contributed by atoms with Gasteiger partial charge in [0, 0.05) is 43.6 Å². The zero-order chi connectivity index (χ0) is 15.2. The number of nitrogens with one attached hydrogen (secondary N) is 2. The molecule has 1 aromatic carbocycles. The van der Waals surface area contributed by atoms with E-state index in [-0.39, 0.29) is 5.91 Å². The van der Waals surface area contributed by atoms with E-state index < -0.39 is 0 Å². The van der Waals surface area contributed by atoms with Crippen LogP contribution in [0.1, 0.15) is 23.9 Å². The number of rotatable bonds is 6. The molecule has 0 atom stereocenters. The predicted molar refractivity (Wildman–Crippen MR) is 85.6 cm³/mol. The molecule has 4 nitrogen and oxygen atoms in total. The van der Waals surface area contributed by atoms with E-state index >= 15 is 0 Å². The minimum Gasteiger partial charge on any atom is -0.355 e. The van der Waals surface area contributed by atoms with Crippen LogP contribution in [-0.2, 0) is 11.3 Å². The van der Waals surface area contributed by atoms with Crippen LogP contribution in [0.2, 0.25) is 0 Å². The molecular formula is C17H23N3O. The Kier molecular flexibility index (Phi) is 5.17. The first-order chi connectivity index (χ1) is 10.1. The van der Waals surface area contributed by atoms with Crippen molar-refractivity contribution < 1.29 is 4.79 Å². The second-order valence-corrected chi connectivity index (χ2v) is 5.23. The van der Waals surface area contributed by atoms with Crippen molar-refractivity contribution in [3.63, 3.8) is 0 Å². The number of carbonyl (C=O) groups is 1. The fourth-order valence-electron chi connectivity index (χ4n) is 2.53. The molecule has 1 aromatic heterocycles. The highest BCUT2D eigenvalue weighted by Gasteiger charge is 2.09. The summed E-state index contributed by atoms with van der Waals surface area (Å²) in [6.07, 6.45) is 0. The van der Waals surface area contributed by atoms with Crippen molar-refractivity contribution >= 4 is 5.91 Å². The van der Waals surface area contributed by atoms with Gasteiger partial charge in [0.1, 0.15) is 0 Å². The van der Waals surface area contributed by atoms with Crippen LogP contribution in [0.5, 0.6) is 0 Å². The molecule has 0 bridgehead atoms. The summed E-state index contributed by atoms with van der Waals surface area (Å²) in [6, 6.07) is 12.6. The SMILES string of the molecule is CC(=O)NCCNCc1cc(C)n(-c2ccccc2)c1C. The van der Waals surface area contributed by atoms with Crippen LogP contribution in [0, 0.1) is 13.8 Å². The zero-order valence-corrected chi connectivity index (χ0v) is 12.9. The van der Waals surface area contributed by atoms with E-state index in [1.807, 2.05) is 6.07 Å². The van der Waals surface area contributed by atoms with E-state index in [1.54, 1.807) is 0 Å². The maximum Gasteiger partial charge on any atom is 0.216 e. The van der Waals surface area contributed by atoms with E-state index in [0.29, 0.717) is 6.54 Å². The van der Waals surface area contributed by atoms with Crippen LogP contribution in [0.25, 0.3) is 5.69 Å². The summed E-state index contributed by atoms with van der Waals surface area (Å²) in [6.45, 7) is 8.05. The molecular weight excluding hydrogens is 262 g/mol. The summed E-state index contributed by atoms with van der Waals surface area (Å²) >= 11 is 0. The van der Waals surface area contributed by atoms with Gasteiger partial charge >= 0.3 is 0 Å². The first-order valence-corrected chi connectivity index (χ1v) is 7.28. The summed E-state index contributed by atoms with van der Waals surface area (Å²) in [7, 11) is 0. The Morgan fingerprint density at radius 2 is 1.86 bits per heavy atom. The Morgan fingerprint density at radius 1 is 1.14 bits per heavy atom. The van der Waals surface area contributed by atoms with Gasteiger partial charge in [-0.3, -0.25) is 4.79 Å². The molecule has 2 N–H and O–H groups in total. The minimum atomic E-state index is 0.0130. The van der Waals surface area contributed by atoms with Crippen molar-refractivity contribution in [2.75, 3.05) is 13.1 Å². The second kappa shape index (κ2) is 7.09. The van der Waals surface area contributed by atoms with Crippen LogP contribution in [0.3, 0.4) is 0 Å². The molecule has 0 aliphatic carbocycles. The van der Waals surface area contributed by atoms with Crippen LogP contribution in [0.4, 0.5) is 0 Å². The van der Waals surface area contributed by atoms with Gasteiger partial charge in [-0.05, 0) is 37.6 Å². The van der Waals surface area contributed by atoms with Crippen LogP contribution >= 0.6 is 0 Å². The fourth-order valence-corrected chi connectivity index (χ4v) is 2.53. The highest BCUT2D eigenvalue weighted by molar-refractivity contribution is 5.72. The molecule has 0 saturated carbocycles. The van der Waals surface area contributed by atoms with Gasteiger partial charge in [0.15, 0.2) is 0 Å². The lowest BCUT2D eigenvalue weighted by molar-refractivity contribution is -0.118. The monoisotopic (exact) mass is 285 g/mol. The summed E-state index contributed by atoms with van der Waals surface area (Å²) in [5.74, 6) is 0.0130. The lowest BCUT2D eigenvalue weighted by atomic mass is 10.2. The van der Waals surface area contributed by atoms with Crippen molar-refractivity contribution in [1.29, 1.82) is 0 Å².